The van der Waals surface area contributed by atoms with Gasteiger partial charge in [0.2, 0.25) is 5.91 Å². The van der Waals surface area contributed by atoms with E-state index in [1.807, 2.05) is 30.3 Å². The molecule has 1 amide bonds. The van der Waals surface area contributed by atoms with Gasteiger partial charge in [-0.15, -0.1) is 11.3 Å². The van der Waals surface area contributed by atoms with Gasteiger partial charge in [0, 0.05) is 25.6 Å². The number of benzene rings is 1. The van der Waals surface area contributed by atoms with Crippen molar-refractivity contribution < 1.29 is 17.9 Å². The molecule has 2 aromatic rings. The van der Waals surface area contributed by atoms with Crippen molar-refractivity contribution in [3.8, 4) is 5.75 Å². The maximum absolute atomic E-state index is 12.5. The van der Waals surface area contributed by atoms with E-state index in [1.54, 1.807) is 17.5 Å². The average Bonchev–Trinajstić information content (AvgIpc) is 3.22. The lowest BCUT2D eigenvalue weighted by molar-refractivity contribution is -0.122. The lowest BCUT2D eigenvalue weighted by Crippen LogP contribution is -2.46. The van der Waals surface area contributed by atoms with Crippen LogP contribution in [0.1, 0.15) is 25.7 Å². The van der Waals surface area contributed by atoms with Gasteiger partial charge in [-0.2, -0.15) is 4.31 Å². The van der Waals surface area contributed by atoms with Crippen LogP contribution in [0.2, 0.25) is 0 Å². The molecule has 1 N–H and O–H groups in total. The van der Waals surface area contributed by atoms with Gasteiger partial charge in [-0.05, 0) is 42.8 Å². The Morgan fingerprint density at radius 1 is 1.15 bits per heavy atom. The Balaban J connectivity index is 1.36. The number of hydrogen-bond donors (Lipinski definition) is 1. The molecule has 0 saturated carbocycles. The predicted molar refractivity (Wildman–Crippen MR) is 105 cm³/mol. The van der Waals surface area contributed by atoms with Gasteiger partial charge in [0.25, 0.3) is 10.0 Å². The Bertz CT molecular complexity index is 815. The van der Waals surface area contributed by atoms with E-state index in [4.69, 9.17) is 4.74 Å². The number of hydrogen-bond acceptors (Lipinski definition) is 5. The van der Waals surface area contributed by atoms with E-state index in [2.05, 4.69) is 5.32 Å². The standard InChI is InChI=1S/C19H24N2O4S2/c22-18(8-4-14-25-17-6-2-1-3-7-17)20-16-10-12-21(13-11-16)27(23,24)19-9-5-15-26-19/h1-3,5-7,9,15-16H,4,8,10-14H2,(H,20,22). The van der Waals surface area contributed by atoms with Crippen molar-refractivity contribution in [1.29, 1.82) is 0 Å². The molecule has 0 aliphatic carbocycles. The van der Waals surface area contributed by atoms with E-state index in [-0.39, 0.29) is 11.9 Å². The Hall–Kier alpha value is -1.90. The Morgan fingerprint density at radius 2 is 1.89 bits per heavy atom. The second-order valence-electron chi connectivity index (χ2n) is 6.44. The van der Waals surface area contributed by atoms with Crippen LogP contribution in [-0.2, 0) is 14.8 Å². The molecule has 27 heavy (non-hydrogen) atoms. The van der Waals surface area contributed by atoms with Gasteiger partial charge >= 0.3 is 0 Å². The van der Waals surface area contributed by atoms with Crippen molar-refractivity contribution in [1.82, 2.24) is 9.62 Å². The summed E-state index contributed by atoms with van der Waals surface area (Å²) in [6, 6.07) is 12.9. The second kappa shape index (κ2) is 9.34. The third kappa shape index (κ3) is 5.54. The minimum Gasteiger partial charge on any atom is -0.494 e. The van der Waals surface area contributed by atoms with E-state index in [1.165, 1.54) is 15.6 Å². The largest absolute Gasteiger partial charge is 0.494 e. The zero-order chi connectivity index (χ0) is 19.1. The SMILES string of the molecule is O=C(CCCOc1ccccc1)NC1CCN(S(=O)(=O)c2cccs2)CC1. The van der Waals surface area contributed by atoms with E-state index in [0.29, 0.717) is 49.6 Å². The Labute approximate surface area is 164 Å². The van der Waals surface area contributed by atoms with Crippen LogP contribution in [0.3, 0.4) is 0 Å². The molecule has 6 nitrogen and oxygen atoms in total. The predicted octanol–water partition coefficient (Wildman–Crippen LogP) is 2.88. The summed E-state index contributed by atoms with van der Waals surface area (Å²) in [5.41, 5.74) is 0. The van der Waals surface area contributed by atoms with Gasteiger partial charge in [-0.1, -0.05) is 24.3 Å². The molecule has 146 valence electrons. The fourth-order valence-electron chi connectivity index (χ4n) is 3.02. The molecule has 1 aliphatic rings. The van der Waals surface area contributed by atoms with E-state index in [9.17, 15) is 13.2 Å². The molecule has 3 rings (SSSR count). The summed E-state index contributed by atoms with van der Waals surface area (Å²) in [5, 5.41) is 4.78. The first-order valence-electron chi connectivity index (χ1n) is 9.06. The van der Waals surface area contributed by atoms with Crippen molar-refractivity contribution in [3.63, 3.8) is 0 Å². The van der Waals surface area contributed by atoms with Gasteiger partial charge < -0.3 is 10.1 Å². The van der Waals surface area contributed by atoms with Gasteiger partial charge in [0.15, 0.2) is 0 Å². The maximum atomic E-state index is 12.5. The molecule has 8 heteroatoms. The van der Waals surface area contributed by atoms with Crippen LogP contribution >= 0.6 is 11.3 Å². The van der Waals surface area contributed by atoms with Crippen molar-refractivity contribution in [2.75, 3.05) is 19.7 Å². The van der Waals surface area contributed by atoms with E-state index >= 15 is 0 Å². The fraction of sp³-hybridized carbons (Fsp3) is 0.421. The third-order valence-electron chi connectivity index (χ3n) is 4.47. The van der Waals surface area contributed by atoms with Crippen LogP contribution < -0.4 is 10.1 Å². The summed E-state index contributed by atoms with van der Waals surface area (Å²) in [6.45, 7) is 1.36. The zero-order valence-electron chi connectivity index (χ0n) is 15.0. The minimum absolute atomic E-state index is 0.00812. The molecule has 0 atom stereocenters. The summed E-state index contributed by atoms with van der Waals surface area (Å²) in [4.78, 5) is 12.1. The normalized spacial score (nSPS) is 16.1. The highest BCUT2D eigenvalue weighted by molar-refractivity contribution is 7.91. The molecule has 0 spiro atoms. The van der Waals surface area contributed by atoms with Crippen LogP contribution in [0.15, 0.2) is 52.1 Å². The van der Waals surface area contributed by atoms with Crippen molar-refractivity contribution >= 4 is 27.3 Å². The molecule has 1 saturated heterocycles. The number of ether oxygens (including phenoxy) is 1. The molecule has 0 unspecified atom stereocenters. The first-order valence-corrected chi connectivity index (χ1v) is 11.4. The monoisotopic (exact) mass is 408 g/mol. The smallest absolute Gasteiger partial charge is 0.252 e. The molecule has 2 heterocycles. The quantitative estimate of drug-likeness (QED) is 0.682. The molecular weight excluding hydrogens is 384 g/mol. The summed E-state index contributed by atoms with van der Waals surface area (Å²) >= 11 is 1.23. The molecular formula is C19H24N2O4S2. The highest BCUT2D eigenvalue weighted by Crippen LogP contribution is 2.24. The molecule has 1 aromatic carbocycles. The highest BCUT2D eigenvalue weighted by Gasteiger charge is 2.30. The number of para-hydroxylation sites is 1. The first kappa shape index (κ1) is 19.9. The minimum atomic E-state index is -3.39. The lowest BCUT2D eigenvalue weighted by Gasteiger charge is -2.31. The number of amides is 1. The number of rotatable bonds is 8. The van der Waals surface area contributed by atoms with Gasteiger partial charge in [-0.25, -0.2) is 8.42 Å². The average molecular weight is 409 g/mol. The maximum Gasteiger partial charge on any atom is 0.252 e. The number of piperidine rings is 1. The van der Waals surface area contributed by atoms with Crippen LogP contribution in [0, 0.1) is 0 Å². The summed E-state index contributed by atoms with van der Waals surface area (Å²) in [7, 11) is -3.39. The Morgan fingerprint density at radius 3 is 2.56 bits per heavy atom. The van der Waals surface area contributed by atoms with Gasteiger partial charge in [0.05, 0.1) is 6.61 Å². The van der Waals surface area contributed by atoms with Crippen LogP contribution in [0.25, 0.3) is 0 Å². The molecule has 1 fully saturated rings. The van der Waals surface area contributed by atoms with Crippen LogP contribution in [0.5, 0.6) is 5.75 Å². The van der Waals surface area contributed by atoms with Crippen molar-refractivity contribution in [2.45, 2.75) is 35.9 Å². The van der Waals surface area contributed by atoms with Gasteiger partial charge in [0.1, 0.15) is 9.96 Å². The second-order valence-corrected chi connectivity index (χ2v) is 9.56. The van der Waals surface area contributed by atoms with Crippen LogP contribution in [-0.4, -0.2) is 44.4 Å². The highest BCUT2D eigenvalue weighted by atomic mass is 32.2. The zero-order valence-corrected chi connectivity index (χ0v) is 16.7. The Kier molecular flexibility index (Phi) is 6.87. The van der Waals surface area contributed by atoms with Crippen LogP contribution in [0.4, 0.5) is 0 Å². The number of nitrogens with zero attached hydrogens (tertiary/aromatic N) is 1. The lowest BCUT2D eigenvalue weighted by atomic mass is 10.1. The van der Waals surface area contributed by atoms with E-state index < -0.39 is 10.0 Å². The fourth-order valence-corrected chi connectivity index (χ4v) is 5.63. The summed E-state index contributed by atoms with van der Waals surface area (Å²) < 4.78 is 32.5. The number of carbonyl (C=O) groups is 1. The summed E-state index contributed by atoms with van der Waals surface area (Å²) in [6.07, 6.45) is 2.32. The molecule has 1 aliphatic heterocycles. The van der Waals surface area contributed by atoms with E-state index in [0.717, 1.165) is 5.75 Å². The summed E-state index contributed by atoms with van der Waals surface area (Å²) in [5.74, 6) is 0.795. The number of sulfonamides is 1. The number of nitrogens with one attached hydrogen (secondary N) is 1. The molecule has 1 aromatic heterocycles. The number of carbonyl (C=O) groups excluding carboxylic acids is 1. The van der Waals surface area contributed by atoms with Crippen molar-refractivity contribution in [3.05, 3.63) is 47.8 Å². The van der Waals surface area contributed by atoms with Crippen molar-refractivity contribution in [2.24, 2.45) is 0 Å². The topological polar surface area (TPSA) is 75.7 Å². The number of thiophene rings is 1. The molecule has 0 radical (unpaired) electrons. The third-order valence-corrected chi connectivity index (χ3v) is 7.74. The molecule has 0 bridgehead atoms. The first-order chi connectivity index (χ1) is 13.1. The van der Waals surface area contributed by atoms with Gasteiger partial charge in [-0.3, -0.25) is 4.79 Å².